The van der Waals surface area contributed by atoms with Crippen molar-refractivity contribution in [2.45, 2.75) is 33.7 Å². The van der Waals surface area contributed by atoms with Crippen molar-refractivity contribution in [1.29, 1.82) is 0 Å². The van der Waals surface area contributed by atoms with Gasteiger partial charge in [-0.2, -0.15) is 0 Å². The molecule has 0 aliphatic rings. The van der Waals surface area contributed by atoms with Gasteiger partial charge in [0, 0.05) is 31.8 Å². The summed E-state index contributed by atoms with van der Waals surface area (Å²) in [6.07, 6.45) is 0.994. The Hall–Kier alpha value is -2.82. The molecule has 27 heavy (non-hydrogen) atoms. The van der Waals surface area contributed by atoms with Crippen molar-refractivity contribution in [3.8, 4) is 5.75 Å². The Bertz CT molecular complexity index is 769. The molecule has 2 aromatic rings. The number of para-hydroxylation sites is 1. The van der Waals surface area contributed by atoms with E-state index in [-0.39, 0.29) is 11.8 Å². The highest BCUT2D eigenvalue weighted by Gasteiger charge is 2.11. The number of nitrogens with zero attached hydrogens (tertiary/aromatic N) is 1. The van der Waals surface area contributed by atoms with Crippen LogP contribution < -0.4 is 10.1 Å². The average molecular weight is 368 g/mol. The van der Waals surface area contributed by atoms with Gasteiger partial charge in [0.2, 0.25) is 5.91 Å². The van der Waals surface area contributed by atoms with Crippen LogP contribution in [-0.4, -0.2) is 30.4 Å². The zero-order valence-electron chi connectivity index (χ0n) is 16.5. The molecule has 5 nitrogen and oxygen atoms in total. The summed E-state index contributed by atoms with van der Waals surface area (Å²) < 4.78 is 5.69. The molecular weight excluding hydrogens is 340 g/mol. The minimum Gasteiger partial charge on any atom is -0.494 e. The summed E-state index contributed by atoms with van der Waals surface area (Å²) in [5, 5.41) is 2.93. The van der Waals surface area contributed by atoms with Crippen molar-refractivity contribution in [2.75, 3.05) is 19.0 Å². The van der Waals surface area contributed by atoms with Crippen molar-refractivity contribution in [3.05, 3.63) is 59.7 Å². The topological polar surface area (TPSA) is 58.6 Å². The normalized spacial score (nSPS) is 10.6. The summed E-state index contributed by atoms with van der Waals surface area (Å²) in [5.41, 5.74) is 2.14. The number of carbonyl (C=O) groups is 2. The highest BCUT2D eigenvalue weighted by molar-refractivity contribution is 6.04. The molecule has 0 aliphatic heterocycles. The third-order valence-corrected chi connectivity index (χ3v) is 4.29. The van der Waals surface area contributed by atoms with Crippen molar-refractivity contribution >= 4 is 17.5 Å². The van der Waals surface area contributed by atoms with E-state index in [1.165, 1.54) is 6.92 Å². The van der Waals surface area contributed by atoms with Crippen LogP contribution in [0.5, 0.6) is 5.75 Å². The molecule has 144 valence electrons. The molecule has 0 atom stereocenters. The van der Waals surface area contributed by atoms with Gasteiger partial charge in [-0.05, 0) is 48.2 Å². The third-order valence-electron chi connectivity index (χ3n) is 4.29. The van der Waals surface area contributed by atoms with E-state index in [1.54, 1.807) is 24.1 Å². The van der Waals surface area contributed by atoms with Crippen molar-refractivity contribution < 1.29 is 14.3 Å². The maximum absolute atomic E-state index is 12.6. The smallest absolute Gasteiger partial charge is 0.255 e. The molecule has 0 saturated carbocycles. The number of benzene rings is 2. The van der Waals surface area contributed by atoms with Gasteiger partial charge >= 0.3 is 0 Å². The van der Waals surface area contributed by atoms with E-state index in [4.69, 9.17) is 4.74 Å². The van der Waals surface area contributed by atoms with Gasteiger partial charge in [0.25, 0.3) is 5.91 Å². The predicted octanol–water partition coefficient (Wildman–Crippen LogP) is 4.34. The van der Waals surface area contributed by atoms with E-state index in [1.807, 2.05) is 36.4 Å². The van der Waals surface area contributed by atoms with Crippen molar-refractivity contribution in [2.24, 2.45) is 5.92 Å². The monoisotopic (exact) mass is 368 g/mol. The molecule has 2 amide bonds. The van der Waals surface area contributed by atoms with Gasteiger partial charge in [0.05, 0.1) is 6.61 Å². The third kappa shape index (κ3) is 6.44. The molecule has 0 spiro atoms. The van der Waals surface area contributed by atoms with Crippen LogP contribution in [0.2, 0.25) is 0 Å². The number of anilines is 1. The summed E-state index contributed by atoms with van der Waals surface area (Å²) in [6.45, 7) is 6.94. The molecule has 0 saturated heterocycles. The molecule has 0 aromatic heterocycles. The average Bonchev–Trinajstić information content (AvgIpc) is 2.63. The molecule has 0 heterocycles. The number of nitrogens with one attached hydrogen (secondary N) is 1. The second-order valence-corrected chi connectivity index (χ2v) is 7.04. The number of hydrogen-bond acceptors (Lipinski definition) is 3. The van der Waals surface area contributed by atoms with Crippen molar-refractivity contribution in [3.63, 3.8) is 0 Å². The summed E-state index contributed by atoms with van der Waals surface area (Å²) in [6, 6.07) is 14.6. The Kier molecular flexibility index (Phi) is 7.41. The van der Waals surface area contributed by atoms with Gasteiger partial charge in [-0.3, -0.25) is 9.59 Å². The van der Waals surface area contributed by atoms with E-state index in [9.17, 15) is 9.59 Å². The quantitative estimate of drug-likeness (QED) is 0.754. The molecule has 1 N–H and O–H groups in total. The predicted molar refractivity (Wildman–Crippen MR) is 108 cm³/mol. The van der Waals surface area contributed by atoms with Crippen LogP contribution in [0.4, 0.5) is 5.69 Å². The maximum atomic E-state index is 12.6. The van der Waals surface area contributed by atoms with Crippen LogP contribution in [0.25, 0.3) is 0 Å². The molecule has 0 aliphatic carbocycles. The second kappa shape index (κ2) is 9.76. The zero-order valence-corrected chi connectivity index (χ0v) is 16.5. The highest BCUT2D eigenvalue weighted by Crippen LogP contribution is 2.19. The summed E-state index contributed by atoms with van der Waals surface area (Å²) >= 11 is 0. The molecule has 0 unspecified atom stereocenters. The van der Waals surface area contributed by atoms with E-state index < -0.39 is 0 Å². The molecule has 0 bridgehead atoms. The molecule has 0 fully saturated rings. The number of ether oxygens (including phenoxy) is 1. The van der Waals surface area contributed by atoms with Crippen LogP contribution in [0, 0.1) is 5.92 Å². The van der Waals surface area contributed by atoms with E-state index >= 15 is 0 Å². The number of amides is 2. The van der Waals surface area contributed by atoms with Gasteiger partial charge in [-0.1, -0.05) is 32.0 Å². The van der Waals surface area contributed by atoms with Gasteiger partial charge in [0.1, 0.15) is 5.75 Å². The second-order valence-electron chi connectivity index (χ2n) is 7.04. The van der Waals surface area contributed by atoms with Crippen LogP contribution >= 0.6 is 0 Å². The standard InChI is InChI=1S/C22H28N2O3/c1-16(2)13-14-27-20-11-9-18(10-12-20)22(26)23-21-8-6-5-7-19(21)15-24(4)17(3)25/h5-12,16H,13-15H2,1-4H3,(H,23,26). The maximum Gasteiger partial charge on any atom is 0.255 e. The SMILES string of the molecule is CC(=O)N(C)Cc1ccccc1NC(=O)c1ccc(OCCC(C)C)cc1. The summed E-state index contributed by atoms with van der Waals surface area (Å²) in [7, 11) is 1.74. The Morgan fingerprint density at radius 3 is 2.37 bits per heavy atom. The first-order chi connectivity index (χ1) is 12.9. The van der Waals surface area contributed by atoms with Gasteiger partial charge in [-0.15, -0.1) is 0 Å². The lowest BCUT2D eigenvalue weighted by Gasteiger charge is -2.18. The minimum absolute atomic E-state index is 0.0239. The number of carbonyl (C=O) groups excluding carboxylic acids is 2. The lowest BCUT2D eigenvalue weighted by molar-refractivity contribution is -0.128. The lowest BCUT2D eigenvalue weighted by atomic mass is 10.1. The number of rotatable bonds is 8. The Labute approximate surface area is 161 Å². The molecule has 5 heteroatoms. The molecule has 2 aromatic carbocycles. The van der Waals surface area contributed by atoms with Crippen molar-refractivity contribution in [1.82, 2.24) is 4.90 Å². The molecule has 0 radical (unpaired) electrons. The Morgan fingerprint density at radius 2 is 1.74 bits per heavy atom. The van der Waals surface area contributed by atoms with Gasteiger partial charge in [0.15, 0.2) is 0 Å². The van der Waals surface area contributed by atoms with E-state index in [2.05, 4.69) is 19.2 Å². The Balaban J connectivity index is 2.02. The first-order valence-corrected chi connectivity index (χ1v) is 9.20. The van der Waals surface area contributed by atoms with Gasteiger partial charge in [-0.25, -0.2) is 0 Å². The van der Waals surface area contributed by atoms with Crippen LogP contribution in [0.3, 0.4) is 0 Å². The first-order valence-electron chi connectivity index (χ1n) is 9.20. The molecular formula is C22H28N2O3. The fraction of sp³-hybridized carbons (Fsp3) is 0.364. The first kappa shape index (κ1) is 20.5. The molecule has 2 rings (SSSR count). The number of hydrogen-bond donors (Lipinski definition) is 1. The fourth-order valence-corrected chi connectivity index (χ4v) is 2.46. The van der Waals surface area contributed by atoms with E-state index in [0.717, 1.165) is 17.7 Å². The van der Waals surface area contributed by atoms with Crippen LogP contribution in [0.15, 0.2) is 48.5 Å². The summed E-state index contributed by atoms with van der Waals surface area (Å²) in [5.74, 6) is 1.14. The van der Waals surface area contributed by atoms with E-state index in [0.29, 0.717) is 30.3 Å². The minimum atomic E-state index is -0.193. The van der Waals surface area contributed by atoms with Crippen LogP contribution in [0.1, 0.15) is 43.1 Å². The lowest BCUT2D eigenvalue weighted by Crippen LogP contribution is -2.24. The fourth-order valence-electron chi connectivity index (χ4n) is 2.46. The zero-order chi connectivity index (χ0) is 19.8. The largest absolute Gasteiger partial charge is 0.494 e. The Morgan fingerprint density at radius 1 is 1.07 bits per heavy atom. The highest BCUT2D eigenvalue weighted by atomic mass is 16.5. The van der Waals surface area contributed by atoms with Crippen LogP contribution in [-0.2, 0) is 11.3 Å². The summed E-state index contributed by atoms with van der Waals surface area (Å²) in [4.78, 5) is 25.6. The van der Waals surface area contributed by atoms with Gasteiger partial charge < -0.3 is 15.0 Å².